The first-order valence-corrected chi connectivity index (χ1v) is 34.7. The van der Waals surface area contributed by atoms with E-state index in [1.165, 1.54) is 205 Å². The minimum Gasteiger partial charge on any atom is -0.466 e. The lowest BCUT2D eigenvalue weighted by Crippen LogP contribution is -2.60. The number of aliphatic hydroxyl groups is 5. The summed E-state index contributed by atoms with van der Waals surface area (Å²) in [5.41, 5.74) is 0. The number of hydrogen-bond donors (Lipinski definition) is 6. The van der Waals surface area contributed by atoms with Gasteiger partial charge in [-0.2, -0.15) is 0 Å². The van der Waals surface area contributed by atoms with Crippen molar-refractivity contribution in [2.75, 3.05) is 19.8 Å². The Kier molecular flexibility index (Phi) is 57.2. The van der Waals surface area contributed by atoms with Crippen molar-refractivity contribution in [1.82, 2.24) is 5.32 Å². The predicted molar refractivity (Wildman–Crippen MR) is 347 cm³/mol. The third kappa shape index (κ3) is 49.9. The van der Waals surface area contributed by atoms with Crippen molar-refractivity contribution >= 4 is 11.9 Å². The van der Waals surface area contributed by atoms with E-state index in [1.54, 1.807) is 6.08 Å². The third-order valence-electron chi connectivity index (χ3n) is 16.0. The number of hydrogen-bond acceptors (Lipinski definition) is 10. The second-order valence-corrected chi connectivity index (χ2v) is 23.8. The van der Waals surface area contributed by atoms with E-state index in [0.29, 0.717) is 19.4 Å². The fourth-order valence-electron chi connectivity index (χ4n) is 10.5. The molecule has 1 saturated heterocycles. The number of esters is 1. The van der Waals surface area contributed by atoms with Crippen molar-refractivity contribution in [3.8, 4) is 0 Å². The maximum Gasteiger partial charge on any atom is 0.305 e. The molecule has 1 aliphatic heterocycles. The van der Waals surface area contributed by atoms with Gasteiger partial charge in [0, 0.05) is 12.8 Å². The minimum atomic E-state index is -1.58. The maximum absolute atomic E-state index is 13.1. The molecule has 1 amide bonds. The lowest BCUT2D eigenvalue weighted by molar-refractivity contribution is -0.302. The van der Waals surface area contributed by atoms with Crippen LogP contribution in [0.5, 0.6) is 0 Å². The van der Waals surface area contributed by atoms with Gasteiger partial charge >= 0.3 is 5.97 Å². The Morgan fingerprint density at radius 2 is 0.831 bits per heavy atom. The molecule has 1 aliphatic rings. The van der Waals surface area contributed by atoms with Gasteiger partial charge in [0.25, 0.3) is 0 Å². The molecule has 0 aromatic carbocycles. The zero-order chi connectivity index (χ0) is 60.2. The maximum atomic E-state index is 13.1. The summed E-state index contributed by atoms with van der Waals surface area (Å²) in [6.07, 6.45) is 71.6. The molecule has 0 aliphatic carbocycles. The summed E-state index contributed by atoms with van der Waals surface area (Å²) in [6.45, 7) is 4.28. The molecule has 83 heavy (non-hydrogen) atoms. The summed E-state index contributed by atoms with van der Waals surface area (Å²) in [6, 6.07) is -0.837. The van der Waals surface area contributed by atoms with Crippen LogP contribution in [0.25, 0.3) is 0 Å². The molecule has 1 rings (SSSR count). The molecule has 482 valence electrons. The zero-order valence-corrected chi connectivity index (χ0v) is 53.4. The van der Waals surface area contributed by atoms with Gasteiger partial charge in [0.15, 0.2) is 6.29 Å². The normalized spacial score (nSPS) is 18.6. The summed E-state index contributed by atoms with van der Waals surface area (Å²) in [5, 5.41) is 54.5. The van der Waals surface area contributed by atoms with Crippen LogP contribution in [-0.4, -0.2) is 100 Å². The number of nitrogens with one attached hydrogen (secondary N) is 1. The highest BCUT2D eigenvalue weighted by molar-refractivity contribution is 5.76. The van der Waals surface area contributed by atoms with Crippen LogP contribution in [0.2, 0.25) is 0 Å². The van der Waals surface area contributed by atoms with E-state index < -0.39 is 49.5 Å². The Bertz CT molecular complexity index is 1610. The van der Waals surface area contributed by atoms with Crippen LogP contribution in [0.4, 0.5) is 0 Å². The molecule has 0 bridgehead atoms. The fourth-order valence-corrected chi connectivity index (χ4v) is 10.5. The molecule has 0 aromatic rings. The molecular formula is C72H129NO10. The quantitative estimate of drug-likeness (QED) is 0.0195. The van der Waals surface area contributed by atoms with Crippen LogP contribution in [0.3, 0.4) is 0 Å². The van der Waals surface area contributed by atoms with E-state index in [4.69, 9.17) is 14.2 Å². The average molecular weight is 1170 g/mol. The highest BCUT2D eigenvalue weighted by Gasteiger charge is 2.44. The Hall–Kier alpha value is -2.90. The number of aliphatic hydroxyl groups excluding tert-OH is 5. The highest BCUT2D eigenvalue weighted by atomic mass is 16.7. The number of allylic oxidation sites excluding steroid dienone is 11. The smallest absolute Gasteiger partial charge is 0.305 e. The summed E-state index contributed by atoms with van der Waals surface area (Å²) < 4.78 is 16.7. The van der Waals surface area contributed by atoms with Gasteiger partial charge in [-0.15, -0.1) is 0 Å². The van der Waals surface area contributed by atoms with Crippen LogP contribution in [-0.2, 0) is 23.8 Å². The Balaban J connectivity index is 2.04. The molecule has 0 spiro atoms. The number of unbranched alkanes of at least 4 members (excludes halogenated alkanes) is 36. The Labute approximate surface area is 509 Å². The van der Waals surface area contributed by atoms with E-state index in [2.05, 4.69) is 79.9 Å². The number of ether oxygens (including phenoxy) is 3. The largest absolute Gasteiger partial charge is 0.466 e. The van der Waals surface area contributed by atoms with E-state index in [1.807, 2.05) is 6.08 Å². The van der Waals surface area contributed by atoms with Crippen molar-refractivity contribution in [3.63, 3.8) is 0 Å². The number of amides is 1. The van der Waals surface area contributed by atoms with E-state index in [0.717, 1.165) is 77.0 Å². The molecule has 11 nitrogen and oxygen atoms in total. The number of carbonyl (C=O) groups is 2. The molecule has 0 saturated carbocycles. The second-order valence-electron chi connectivity index (χ2n) is 23.8. The van der Waals surface area contributed by atoms with E-state index >= 15 is 0 Å². The first kappa shape index (κ1) is 78.1. The van der Waals surface area contributed by atoms with Crippen LogP contribution in [0.1, 0.15) is 309 Å². The second kappa shape index (κ2) is 60.8. The SMILES string of the molecule is CCCC/C=C\CCCCCCCC(=O)OCCCCCCCCCCC/C=C\C/C=C\CCCCCCCCCCCCCCCC(=O)NC(COC1OC(CO)C(O)C(O)C1O)C(O)/C=C/CC/C=C/CC/C=C/CCCCCCC. The van der Waals surface area contributed by atoms with Crippen molar-refractivity contribution < 1.29 is 49.3 Å². The zero-order valence-electron chi connectivity index (χ0n) is 53.4. The minimum absolute atomic E-state index is 0.00884. The molecule has 0 radical (unpaired) electrons. The van der Waals surface area contributed by atoms with Gasteiger partial charge < -0.3 is 45.1 Å². The monoisotopic (exact) mass is 1170 g/mol. The van der Waals surface area contributed by atoms with E-state index in [9.17, 15) is 35.1 Å². The van der Waals surface area contributed by atoms with Crippen LogP contribution in [0, 0.1) is 0 Å². The van der Waals surface area contributed by atoms with Crippen molar-refractivity contribution in [1.29, 1.82) is 0 Å². The molecule has 7 atom stereocenters. The van der Waals surface area contributed by atoms with Crippen LogP contribution < -0.4 is 5.32 Å². The van der Waals surface area contributed by atoms with Gasteiger partial charge in [-0.3, -0.25) is 9.59 Å². The van der Waals surface area contributed by atoms with Crippen LogP contribution >= 0.6 is 0 Å². The number of carbonyl (C=O) groups excluding carboxylic acids is 2. The summed E-state index contributed by atoms with van der Waals surface area (Å²) in [4.78, 5) is 25.1. The summed E-state index contributed by atoms with van der Waals surface area (Å²) in [7, 11) is 0. The van der Waals surface area contributed by atoms with Gasteiger partial charge in [0.2, 0.25) is 5.91 Å². The van der Waals surface area contributed by atoms with Gasteiger partial charge in [-0.05, 0) is 109 Å². The lowest BCUT2D eigenvalue weighted by Gasteiger charge is -2.40. The lowest BCUT2D eigenvalue weighted by atomic mass is 9.99. The van der Waals surface area contributed by atoms with E-state index in [-0.39, 0.29) is 18.5 Å². The topological polar surface area (TPSA) is 175 Å². The Morgan fingerprint density at radius 1 is 0.446 bits per heavy atom. The molecule has 7 unspecified atom stereocenters. The Morgan fingerprint density at radius 3 is 1.30 bits per heavy atom. The van der Waals surface area contributed by atoms with Crippen molar-refractivity contribution in [2.24, 2.45) is 0 Å². The molecular weight excluding hydrogens is 1040 g/mol. The van der Waals surface area contributed by atoms with Crippen molar-refractivity contribution in [3.05, 3.63) is 72.9 Å². The fraction of sp³-hybridized carbons (Fsp3) is 0.806. The van der Waals surface area contributed by atoms with Gasteiger partial charge in [-0.25, -0.2) is 0 Å². The third-order valence-corrected chi connectivity index (χ3v) is 16.0. The molecule has 0 aromatic heterocycles. The van der Waals surface area contributed by atoms with Gasteiger partial charge in [-0.1, -0.05) is 260 Å². The molecule has 1 heterocycles. The average Bonchev–Trinajstić information content (AvgIpc) is 3.52. The molecule has 6 N–H and O–H groups in total. The van der Waals surface area contributed by atoms with Gasteiger partial charge in [0.1, 0.15) is 24.4 Å². The molecule has 1 fully saturated rings. The highest BCUT2D eigenvalue weighted by Crippen LogP contribution is 2.23. The first-order chi connectivity index (χ1) is 40.7. The summed E-state index contributed by atoms with van der Waals surface area (Å²) >= 11 is 0. The van der Waals surface area contributed by atoms with Crippen LogP contribution in [0.15, 0.2) is 72.9 Å². The van der Waals surface area contributed by atoms with Gasteiger partial charge in [0.05, 0.1) is 32.0 Å². The summed E-state index contributed by atoms with van der Waals surface area (Å²) in [5.74, 6) is -0.206. The number of rotatable bonds is 60. The molecule has 11 heteroatoms. The van der Waals surface area contributed by atoms with Crippen molar-refractivity contribution in [2.45, 2.75) is 352 Å². The predicted octanol–water partition coefficient (Wildman–Crippen LogP) is 17.5. The standard InChI is InChI=1S/C72H129NO10/c1-3-5-7-9-11-13-15-16-32-35-39-42-46-50-54-58-65(75)64(63-82-72-71(80)70(79)69(78)66(62-74)83-72)73-67(76)59-55-51-47-43-40-36-33-30-28-26-24-22-20-18-17-19-21-23-25-27-29-31-34-37-41-45-49-53-57-61-81-68(77)60-56-52-48-44-38-14-12-10-8-6-4-2/h10,12,15-17,19,23,25,39,42,54,58,64-66,69-72,74-75,78-80H,3-9,11,13-14,18,20-22,24,26-38,40-41,43-53,55-57,59-63H2,1-2H3,(H,73,76)/b12-10-,16-15+,19-17-,25-23-,42-39+,58-54+. The first-order valence-electron chi connectivity index (χ1n) is 34.7.